The Kier molecular flexibility index (Phi) is 3.75. The van der Waals surface area contributed by atoms with Crippen LogP contribution in [0.2, 0.25) is 0 Å². The second-order valence-corrected chi connectivity index (χ2v) is 4.35. The zero-order valence-corrected chi connectivity index (χ0v) is 10.8. The molecule has 1 N–H and O–H groups in total. The SMILES string of the molecule is Cc1cccc(NC(C)c2ccccn2)c1[N+](=O)[O-]. The number of rotatable bonds is 4. The molecule has 0 saturated carbocycles. The summed E-state index contributed by atoms with van der Waals surface area (Å²) in [5.41, 5.74) is 2.12. The predicted octanol–water partition coefficient (Wildman–Crippen LogP) is 3.47. The van der Waals surface area contributed by atoms with Gasteiger partial charge >= 0.3 is 0 Å². The van der Waals surface area contributed by atoms with E-state index in [4.69, 9.17) is 0 Å². The fraction of sp³-hybridized carbons (Fsp3) is 0.214. The third-order valence-corrected chi connectivity index (χ3v) is 2.92. The standard InChI is InChI=1S/C14H15N3O2/c1-10-6-5-8-13(14(10)17(18)19)16-11(2)12-7-3-4-9-15-12/h3-9,11,16H,1-2H3. The van der Waals surface area contributed by atoms with Crippen LogP contribution in [-0.2, 0) is 0 Å². The quantitative estimate of drug-likeness (QED) is 0.672. The Hall–Kier alpha value is -2.43. The van der Waals surface area contributed by atoms with Gasteiger partial charge in [0.1, 0.15) is 5.69 Å². The number of para-hydroxylation sites is 1. The molecule has 2 rings (SSSR count). The van der Waals surface area contributed by atoms with Gasteiger partial charge in [-0.2, -0.15) is 0 Å². The Morgan fingerprint density at radius 3 is 2.68 bits per heavy atom. The zero-order chi connectivity index (χ0) is 13.8. The minimum atomic E-state index is -0.358. The molecule has 1 atom stereocenters. The summed E-state index contributed by atoms with van der Waals surface area (Å²) >= 11 is 0. The highest BCUT2D eigenvalue weighted by atomic mass is 16.6. The Balaban J connectivity index is 2.29. The molecule has 0 fully saturated rings. The Labute approximate surface area is 111 Å². The molecule has 0 aliphatic rings. The van der Waals surface area contributed by atoms with Gasteiger partial charge in [0.05, 0.1) is 16.7 Å². The summed E-state index contributed by atoms with van der Waals surface area (Å²) < 4.78 is 0. The van der Waals surface area contributed by atoms with Gasteiger partial charge in [-0.3, -0.25) is 15.1 Å². The van der Waals surface area contributed by atoms with Gasteiger partial charge in [0, 0.05) is 11.8 Å². The van der Waals surface area contributed by atoms with Gasteiger partial charge in [0.15, 0.2) is 0 Å². The molecule has 1 heterocycles. The van der Waals surface area contributed by atoms with Crippen LogP contribution in [0.3, 0.4) is 0 Å². The van der Waals surface area contributed by atoms with Crippen LogP contribution in [-0.4, -0.2) is 9.91 Å². The molecule has 2 aromatic rings. The lowest BCUT2D eigenvalue weighted by Crippen LogP contribution is -2.10. The van der Waals surface area contributed by atoms with Crippen LogP contribution in [0.15, 0.2) is 42.6 Å². The number of nitro benzene ring substituents is 1. The Morgan fingerprint density at radius 1 is 1.26 bits per heavy atom. The molecule has 0 aliphatic heterocycles. The number of benzene rings is 1. The lowest BCUT2D eigenvalue weighted by atomic mass is 10.1. The van der Waals surface area contributed by atoms with E-state index in [0.717, 1.165) is 5.69 Å². The highest BCUT2D eigenvalue weighted by Crippen LogP contribution is 2.30. The van der Waals surface area contributed by atoms with Crippen LogP contribution in [0.1, 0.15) is 24.2 Å². The summed E-state index contributed by atoms with van der Waals surface area (Å²) in [7, 11) is 0. The lowest BCUT2D eigenvalue weighted by molar-refractivity contribution is -0.384. The van der Waals surface area contributed by atoms with Gasteiger partial charge in [-0.15, -0.1) is 0 Å². The number of aryl methyl sites for hydroxylation is 1. The van der Waals surface area contributed by atoms with E-state index in [1.165, 1.54) is 0 Å². The second-order valence-electron chi connectivity index (χ2n) is 4.35. The first kappa shape index (κ1) is 13.0. The molecule has 0 amide bonds. The first-order chi connectivity index (χ1) is 9.09. The van der Waals surface area contributed by atoms with Crippen LogP contribution < -0.4 is 5.32 Å². The molecular weight excluding hydrogens is 242 g/mol. The van der Waals surface area contributed by atoms with E-state index in [1.54, 1.807) is 31.3 Å². The number of hydrogen-bond acceptors (Lipinski definition) is 4. The average Bonchev–Trinajstić information content (AvgIpc) is 2.39. The number of hydrogen-bond donors (Lipinski definition) is 1. The normalized spacial score (nSPS) is 11.9. The van der Waals surface area contributed by atoms with Crippen LogP contribution >= 0.6 is 0 Å². The molecule has 98 valence electrons. The van der Waals surface area contributed by atoms with Crippen LogP contribution in [0.25, 0.3) is 0 Å². The van der Waals surface area contributed by atoms with E-state index < -0.39 is 0 Å². The zero-order valence-electron chi connectivity index (χ0n) is 10.8. The van der Waals surface area contributed by atoms with Crippen molar-refractivity contribution < 1.29 is 4.92 Å². The van der Waals surface area contributed by atoms with E-state index in [1.807, 2.05) is 25.1 Å². The first-order valence-corrected chi connectivity index (χ1v) is 6.01. The van der Waals surface area contributed by atoms with Crippen molar-refractivity contribution in [2.75, 3.05) is 5.32 Å². The minimum Gasteiger partial charge on any atom is -0.371 e. The molecule has 5 heteroatoms. The smallest absolute Gasteiger partial charge is 0.295 e. The van der Waals surface area contributed by atoms with Gasteiger partial charge in [-0.05, 0) is 32.0 Å². The highest BCUT2D eigenvalue weighted by molar-refractivity contribution is 5.65. The number of pyridine rings is 1. The molecule has 0 aliphatic carbocycles. The number of nitrogens with one attached hydrogen (secondary N) is 1. The maximum absolute atomic E-state index is 11.1. The maximum atomic E-state index is 11.1. The van der Waals surface area contributed by atoms with E-state index in [0.29, 0.717) is 11.3 Å². The summed E-state index contributed by atoms with van der Waals surface area (Å²) in [5, 5.41) is 14.3. The first-order valence-electron chi connectivity index (χ1n) is 6.01. The third-order valence-electron chi connectivity index (χ3n) is 2.92. The van der Waals surface area contributed by atoms with Crippen LogP contribution in [0.5, 0.6) is 0 Å². The molecule has 1 unspecified atom stereocenters. The molecular formula is C14H15N3O2. The number of anilines is 1. The van der Waals surface area contributed by atoms with Gasteiger partial charge in [-0.1, -0.05) is 18.2 Å². The molecule has 0 radical (unpaired) electrons. The van der Waals surface area contributed by atoms with Crippen molar-refractivity contribution in [2.24, 2.45) is 0 Å². The highest BCUT2D eigenvalue weighted by Gasteiger charge is 2.18. The van der Waals surface area contributed by atoms with E-state index in [2.05, 4.69) is 10.3 Å². The van der Waals surface area contributed by atoms with E-state index >= 15 is 0 Å². The second kappa shape index (κ2) is 5.48. The summed E-state index contributed by atoms with van der Waals surface area (Å²) in [6, 6.07) is 10.8. The summed E-state index contributed by atoms with van der Waals surface area (Å²) in [4.78, 5) is 15.0. The Bertz CT molecular complexity index is 584. The van der Waals surface area contributed by atoms with Crippen molar-refractivity contribution in [3.63, 3.8) is 0 Å². The van der Waals surface area contributed by atoms with Crippen LogP contribution in [0, 0.1) is 17.0 Å². The molecule has 19 heavy (non-hydrogen) atoms. The van der Waals surface area contributed by atoms with Gasteiger partial charge in [-0.25, -0.2) is 0 Å². The number of nitrogens with zero attached hydrogens (tertiary/aromatic N) is 2. The summed E-state index contributed by atoms with van der Waals surface area (Å²) in [6.45, 7) is 3.66. The maximum Gasteiger partial charge on any atom is 0.295 e. The molecule has 0 saturated heterocycles. The topological polar surface area (TPSA) is 68.1 Å². The molecule has 0 spiro atoms. The number of aromatic nitrogens is 1. The van der Waals surface area contributed by atoms with Crippen LogP contribution in [0.4, 0.5) is 11.4 Å². The van der Waals surface area contributed by atoms with Crippen molar-refractivity contribution in [1.29, 1.82) is 0 Å². The van der Waals surface area contributed by atoms with E-state index in [9.17, 15) is 10.1 Å². The predicted molar refractivity (Wildman–Crippen MR) is 74.1 cm³/mol. The van der Waals surface area contributed by atoms with Gasteiger partial charge in [0.25, 0.3) is 5.69 Å². The minimum absolute atomic E-state index is 0.0956. The fourth-order valence-electron chi connectivity index (χ4n) is 1.96. The molecule has 0 bridgehead atoms. The van der Waals surface area contributed by atoms with Crippen molar-refractivity contribution in [3.05, 3.63) is 64.0 Å². The Morgan fingerprint density at radius 2 is 2.05 bits per heavy atom. The largest absolute Gasteiger partial charge is 0.371 e. The van der Waals surface area contributed by atoms with Crippen molar-refractivity contribution in [2.45, 2.75) is 19.9 Å². The van der Waals surface area contributed by atoms with E-state index in [-0.39, 0.29) is 16.7 Å². The third kappa shape index (κ3) is 2.88. The van der Waals surface area contributed by atoms with Gasteiger partial charge < -0.3 is 5.32 Å². The van der Waals surface area contributed by atoms with Crippen molar-refractivity contribution in [3.8, 4) is 0 Å². The number of nitro groups is 1. The van der Waals surface area contributed by atoms with Gasteiger partial charge in [0.2, 0.25) is 0 Å². The summed E-state index contributed by atoms with van der Waals surface area (Å²) in [5.74, 6) is 0. The monoisotopic (exact) mass is 257 g/mol. The molecule has 1 aromatic carbocycles. The fourth-order valence-corrected chi connectivity index (χ4v) is 1.96. The van der Waals surface area contributed by atoms with Crippen molar-refractivity contribution in [1.82, 2.24) is 4.98 Å². The average molecular weight is 257 g/mol. The molecule has 1 aromatic heterocycles. The lowest BCUT2D eigenvalue weighted by Gasteiger charge is -2.15. The summed E-state index contributed by atoms with van der Waals surface area (Å²) in [6.07, 6.45) is 1.71. The molecule has 5 nitrogen and oxygen atoms in total. The van der Waals surface area contributed by atoms with Crippen molar-refractivity contribution >= 4 is 11.4 Å².